The summed E-state index contributed by atoms with van der Waals surface area (Å²) in [4.78, 5) is 28.5. The summed E-state index contributed by atoms with van der Waals surface area (Å²) in [5.74, 6) is -1.32. The van der Waals surface area contributed by atoms with Gasteiger partial charge >= 0.3 is 11.9 Å². The number of aliphatic hydroxyl groups is 1. The van der Waals surface area contributed by atoms with Gasteiger partial charge < -0.3 is 24.4 Å². The molecule has 0 atom stereocenters. The number of aliphatic hydroxyl groups excluding tert-OH is 1. The lowest BCUT2D eigenvalue weighted by Gasteiger charge is -2.11. The van der Waals surface area contributed by atoms with Crippen LogP contribution in [-0.2, 0) is 20.7 Å². The number of thioether (sulfide) groups is 1. The zero-order valence-electron chi connectivity index (χ0n) is 19.7. The van der Waals surface area contributed by atoms with Crippen LogP contribution in [0.3, 0.4) is 0 Å². The van der Waals surface area contributed by atoms with E-state index in [1.807, 2.05) is 24.3 Å². The molecule has 9 heteroatoms. The van der Waals surface area contributed by atoms with Gasteiger partial charge in [-0.2, -0.15) is 0 Å². The van der Waals surface area contributed by atoms with Crippen molar-refractivity contribution in [3.63, 3.8) is 0 Å². The van der Waals surface area contributed by atoms with E-state index in [2.05, 4.69) is 11.9 Å². The van der Waals surface area contributed by atoms with E-state index in [-0.39, 0.29) is 17.9 Å². The largest absolute Gasteiger partial charge is 0.506 e. The van der Waals surface area contributed by atoms with E-state index in [9.17, 15) is 14.7 Å². The van der Waals surface area contributed by atoms with Crippen LogP contribution in [0, 0.1) is 0 Å². The third kappa shape index (κ3) is 6.66. The Morgan fingerprint density at radius 1 is 1.00 bits per heavy atom. The highest BCUT2D eigenvalue weighted by Gasteiger charge is 2.33. The number of esters is 1. The van der Waals surface area contributed by atoms with Crippen LogP contribution >= 0.6 is 11.8 Å². The molecule has 1 heterocycles. The highest BCUT2D eigenvalue weighted by Crippen LogP contribution is 2.41. The predicted octanol–water partition coefficient (Wildman–Crippen LogP) is 5.30. The first-order valence-electron chi connectivity index (χ1n) is 11.2. The Bertz CT molecular complexity index is 1180. The third-order valence-corrected chi connectivity index (χ3v) is 5.88. The van der Waals surface area contributed by atoms with Crippen molar-refractivity contribution in [2.45, 2.75) is 27.2 Å². The predicted molar refractivity (Wildman–Crippen MR) is 136 cm³/mol. The fourth-order valence-corrected chi connectivity index (χ4v) is 4.24. The van der Waals surface area contributed by atoms with Crippen molar-refractivity contribution in [3.8, 4) is 11.5 Å². The summed E-state index contributed by atoms with van der Waals surface area (Å²) in [5.41, 5.74) is 2.48. The van der Waals surface area contributed by atoms with Gasteiger partial charge in [-0.25, -0.2) is 14.6 Å². The monoisotopic (exact) mass is 497 g/mol. The molecule has 184 valence electrons. The number of hydrogen-bond acceptors (Lipinski definition) is 8. The van der Waals surface area contributed by atoms with Gasteiger partial charge in [0.1, 0.15) is 16.4 Å². The Morgan fingerprint density at radius 2 is 1.74 bits per heavy atom. The molecule has 35 heavy (non-hydrogen) atoms. The van der Waals surface area contributed by atoms with Crippen LogP contribution in [0.4, 0.5) is 5.69 Å². The van der Waals surface area contributed by atoms with Gasteiger partial charge in [0.05, 0.1) is 23.8 Å². The summed E-state index contributed by atoms with van der Waals surface area (Å²) in [6.07, 6.45) is 2.59. The van der Waals surface area contributed by atoms with E-state index in [1.54, 1.807) is 38.1 Å². The first-order chi connectivity index (χ1) is 16.9. The number of aliphatic imine (C=N–C) groups is 1. The van der Waals surface area contributed by atoms with Gasteiger partial charge in [-0.15, -0.1) is 0 Å². The highest BCUT2D eigenvalue weighted by atomic mass is 32.2. The molecular weight excluding hydrogens is 470 g/mol. The van der Waals surface area contributed by atoms with E-state index in [4.69, 9.17) is 19.3 Å². The SMILES string of the molecule is CCOC(=O)C1=C(O)C(=Cc2ccc(OCC(=O)O)c(OCC)c2)SC1=Nc1ccc(CC)cc1. The molecule has 0 aliphatic carbocycles. The van der Waals surface area contributed by atoms with Gasteiger partial charge in [-0.1, -0.05) is 36.9 Å². The maximum atomic E-state index is 12.6. The number of carbonyl (C=O) groups excluding carboxylic acids is 1. The molecule has 2 aromatic carbocycles. The number of ether oxygens (including phenoxy) is 3. The minimum Gasteiger partial charge on any atom is -0.506 e. The summed E-state index contributed by atoms with van der Waals surface area (Å²) in [5, 5.41) is 20.1. The minimum atomic E-state index is -1.10. The third-order valence-electron chi connectivity index (χ3n) is 4.86. The van der Waals surface area contributed by atoms with Crippen LogP contribution in [0.15, 0.2) is 63.7 Å². The molecule has 2 N–H and O–H groups in total. The fourth-order valence-electron chi connectivity index (χ4n) is 3.21. The fraction of sp³-hybridized carbons (Fsp3) is 0.269. The number of aryl methyl sites for hydroxylation is 1. The van der Waals surface area contributed by atoms with Crippen LogP contribution in [0.1, 0.15) is 31.9 Å². The molecule has 0 aromatic heterocycles. The molecule has 8 nitrogen and oxygen atoms in total. The number of carboxylic acids is 1. The summed E-state index contributed by atoms with van der Waals surface area (Å²) in [6, 6.07) is 12.6. The van der Waals surface area contributed by atoms with E-state index in [1.165, 1.54) is 5.56 Å². The van der Waals surface area contributed by atoms with Gasteiger partial charge in [-0.05, 0) is 61.7 Å². The Kier molecular flexibility index (Phi) is 8.97. The summed E-state index contributed by atoms with van der Waals surface area (Å²) in [7, 11) is 0. The van der Waals surface area contributed by atoms with Crippen molar-refractivity contribution in [1.29, 1.82) is 0 Å². The van der Waals surface area contributed by atoms with Crippen LogP contribution in [0.2, 0.25) is 0 Å². The van der Waals surface area contributed by atoms with Crippen molar-refractivity contribution in [2.75, 3.05) is 19.8 Å². The van der Waals surface area contributed by atoms with Crippen LogP contribution in [-0.4, -0.2) is 47.0 Å². The Balaban J connectivity index is 1.98. The highest BCUT2D eigenvalue weighted by molar-refractivity contribution is 8.18. The second-order valence-electron chi connectivity index (χ2n) is 7.31. The maximum Gasteiger partial charge on any atom is 0.344 e. The van der Waals surface area contributed by atoms with Crippen LogP contribution in [0.5, 0.6) is 11.5 Å². The number of aliphatic carboxylic acids is 1. The van der Waals surface area contributed by atoms with Crippen molar-refractivity contribution >= 4 is 40.5 Å². The molecule has 0 spiro atoms. The van der Waals surface area contributed by atoms with Gasteiger partial charge in [0.25, 0.3) is 0 Å². The normalized spacial score (nSPS) is 15.5. The average Bonchev–Trinajstić information content (AvgIpc) is 3.13. The molecular formula is C26H27NO7S. The lowest BCUT2D eigenvalue weighted by Crippen LogP contribution is -2.12. The van der Waals surface area contributed by atoms with Gasteiger partial charge in [0.15, 0.2) is 18.1 Å². The lowest BCUT2D eigenvalue weighted by molar-refractivity contribution is -0.139. The van der Waals surface area contributed by atoms with E-state index < -0.39 is 18.5 Å². The number of carboxylic acid groups (broad SMARTS) is 1. The van der Waals surface area contributed by atoms with Crippen molar-refractivity contribution in [3.05, 3.63) is 69.8 Å². The van der Waals surface area contributed by atoms with Crippen molar-refractivity contribution < 1.29 is 34.0 Å². The number of benzene rings is 2. The second-order valence-corrected chi connectivity index (χ2v) is 8.34. The molecule has 0 saturated carbocycles. The maximum absolute atomic E-state index is 12.6. The Hall–Kier alpha value is -3.72. The van der Waals surface area contributed by atoms with E-state index in [0.29, 0.717) is 39.3 Å². The molecule has 0 fully saturated rings. The van der Waals surface area contributed by atoms with Crippen LogP contribution in [0.25, 0.3) is 6.08 Å². The zero-order chi connectivity index (χ0) is 25.4. The van der Waals surface area contributed by atoms with E-state index >= 15 is 0 Å². The summed E-state index contributed by atoms with van der Waals surface area (Å²) < 4.78 is 16.0. The summed E-state index contributed by atoms with van der Waals surface area (Å²) in [6.45, 7) is 5.57. The molecule has 0 unspecified atom stereocenters. The molecule has 0 amide bonds. The van der Waals surface area contributed by atoms with Gasteiger partial charge in [0.2, 0.25) is 0 Å². The Labute approximate surface area is 207 Å². The van der Waals surface area contributed by atoms with Gasteiger partial charge in [-0.3, -0.25) is 0 Å². The minimum absolute atomic E-state index is 0.00844. The molecule has 0 radical (unpaired) electrons. The molecule has 0 saturated heterocycles. The smallest absolute Gasteiger partial charge is 0.344 e. The standard InChI is InChI=1S/C26H27NO7S/c1-4-16-7-10-18(11-8-16)27-25-23(26(31)33-6-3)24(30)21(35-25)14-17-9-12-19(34-15-22(28)29)20(13-17)32-5-2/h7-14,30H,4-6,15H2,1-3H3,(H,28,29). The molecule has 1 aliphatic rings. The van der Waals surface area contributed by atoms with Crippen LogP contribution < -0.4 is 9.47 Å². The molecule has 2 aromatic rings. The first-order valence-corrected chi connectivity index (χ1v) is 12.0. The van der Waals surface area contributed by atoms with E-state index in [0.717, 1.165) is 18.2 Å². The zero-order valence-corrected chi connectivity index (χ0v) is 20.6. The quantitative estimate of drug-likeness (QED) is 0.425. The average molecular weight is 498 g/mol. The van der Waals surface area contributed by atoms with Crippen molar-refractivity contribution in [1.82, 2.24) is 0 Å². The number of nitrogens with zero attached hydrogens (tertiary/aromatic N) is 1. The first kappa shape index (κ1) is 25.9. The molecule has 0 bridgehead atoms. The van der Waals surface area contributed by atoms with Gasteiger partial charge in [0, 0.05) is 0 Å². The Morgan fingerprint density at radius 3 is 2.37 bits per heavy atom. The van der Waals surface area contributed by atoms with Crippen molar-refractivity contribution in [2.24, 2.45) is 4.99 Å². The molecule has 1 aliphatic heterocycles. The topological polar surface area (TPSA) is 115 Å². The second kappa shape index (κ2) is 12.1. The number of carbonyl (C=O) groups is 2. The lowest BCUT2D eigenvalue weighted by atomic mass is 10.1. The molecule has 3 rings (SSSR count). The number of rotatable bonds is 10. The summed E-state index contributed by atoms with van der Waals surface area (Å²) >= 11 is 1.15. The number of hydrogen-bond donors (Lipinski definition) is 2.